The first-order valence-electron chi connectivity index (χ1n) is 10.3. The Kier molecular flexibility index (Phi) is 7.22. The predicted octanol–water partition coefficient (Wildman–Crippen LogP) is 1.69. The van der Waals surface area contributed by atoms with E-state index in [1.165, 1.54) is 0 Å². The van der Waals surface area contributed by atoms with Crippen LogP contribution in [0.4, 0.5) is 5.69 Å². The van der Waals surface area contributed by atoms with Gasteiger partial charge >= 0.3 is 11.9 Å². The van der Waals surface area contributed by atoms with Crippen molar-refractivity contribution >= 4 is 85.4 Å². The Morgan fingerprint density at radius 3 is 2.40 bits per heavy atom. The Balaban J connectivity index is 1.89. The quantitative estimate of drug-likeness (QED) is 0.515. The number of carboxylic acids is 2. The summed E-state index contributed by atoms with van der Waals surface area (Å²) in [4.78, 5) is 53.0. The van der Waals surface area contributed by atoms with Gasteiger partial charge in [0.1, 0.15) is 27.0 Å². The highest BCUT2D eigenvalue weighted by molar-refractivity contribution is 8.30. The summed E-state index contributed by atoms with van der Waals surface area (Å²) in [5.74, 6) is -3.14. The molecule has 1 saturated heterocycles. The van der Waals surface area contributed by atoms with E-state index < -0.39 is 36.5 Å². The number of carbonyl (C=O) groups is 3. The fourth-order valence-corrected chi connectivity index (χ4v) is 7.39. The molecular weight excluding hydrogens is 531 g/mol. The molecule has 1 fully saturated rings. The number of allylic oxidation sites excluding steroid dienone is 1. The highest BCUT2D eigenvalue weighted by Crippen LogP contribution is 2.45. The van der Waals surface area contributed by atoms with Gasteiger partial charge in [-0.1, -0.05) is 47.9 Å². The Labute approximate surface area is 217 Å². The van der Waals surface area contributed by atoms with Crippen molar-refractivity contribution in [1.29, 1.82) is 0 Å². The van der Waals surface area contributed by atoms with Crippen molar-refractivity contribution in [2.45, 2.75) is 25.3 Å². The van der Waals surface area contributed by atoms with Crippen LogP contribution in [0, 0.1) is 0 Å². The number of carboxylic acid groups (broad SMARTS) is 2. The van der Waals surface area contributed by atoms with Crippen LogP contribution in [0.25, 0.3) is 10.5 Å². The fraction of sp³-hybridized carbons (Fsp3) is 0.227. The molecule has 1 aromatic heterocycles. The summed E-state index contributed by atoms with van der Waals surface area (Å²) >= 11 is 8.59. The van der Waals surface area contributed by atoms with E-state index in [9.17, 15) is 24.3 Å². The Morgan fingerprint density at radius 1 is 1.06 bits per heavy atom. The van der Waals surface area contributed by atoms with Crippen molar-refractivity contribution in [2.24, 2.45) is 0 Å². The molecule has 0 saturated carbocycles. The largest absolute Gasteiger partial charge is 0.480 e. The van der Waals surface area contributed by atoms with Crippen LogP contribution >= 0.6 is 47.1 Å². The van der Waals surface area contributed by atoms with Gasteiger partial charge in [0.05, 0.1) is 15.2 Å². The van der Waals surface area contributed by atoms with Crippen LogP contribution in [-0.4, -0.2) is 54.9 Å². The van der Waals surface area contributed by atoms with Crippen LogP contribution < -0.4 is 19.7 Å². The van der Waals surface area contributed by atoms with Crippen molar-refractivity contribution in [1.82, 2.24) is 9.47 Å². The second-order valence-electron chi connectivity index (χ2n) is 7.48. The molecule has 0 atom stereocenters. The predicted molar refractivity (Wildman–Crippen MR) is 141 cm³/mol. The van der Waals surface area contributed by atoms with Gasteiger partial charge in [-0.3, -0.25) is 28.6 Å². The van der Waals surface area contributed by atoms with Crippen molar-refractivity contribution < 1.29 is 24.6 Å². The van der Waals surface area contributed by atoms with Gasteiger partial charge in [0.2, 0.25) is 0 Å². The zero-order valence-corrected chi connectivity index (χ0v) is 21.8. The molecule has 0 unspecified atom stereocenters. The molecule has 0 bridgehead atoms. The number of benzene rings is 1. The Morgan fingerprint density at radius 2 is 1.74 bits per heavy atom. The van der Waals surface area contributed by atoms with E-state index in [0.717, 1.165) is 54.7 Å². The SMILES string of the molecule is CCN1C(=CC(C)=c2sc(=C3SC(=S)N(CC(=O)O)C3=O)n(CC(=O)O)c2=O)Sc2ccccc21. The molecule has 1 amide bonds. The van der Waals surface area contributed by atoms with Crippen LogP contribution in [0.15, 0.2) is 45.1 Å². The van der Waals surface area contributed by atoms with Crippen LogP contribution in [0.2, 0.25) is 0 Å². The lowest BCUT2D eigenvalue weighted by Gasteiger charge is -2.17. The van der Waals surface area contributed by atoms with Gasteiger partial charge in [-0.05, 0) is 37.6 Å². The smallest absolute Gasteiger partial charge is 0.323 e. The summed E-state index contributed by atoms with van der Waals surface area (Å²) < 4.78 is 1.51. The second kappa shape index (κ2) is 10.0. The monoisotopic (exact) mass is 549 g/mol. The summed E-state index contributed by atoms with van der Waals surface area (Å²) in [6.45, 7) is 3.26. The lowest BCUT2D eigenvalue weighted by molar-refractivity contribution is -0.140. The maximum Gasteiger partial charge on any atom is 0.323 e. The van der Waals surface area contributed by atoms with Crippen molar-refractivity contribution in [3.8, 4) is 0 Å². The van der Waals surface area contributed by atoms with Gasteiger partial charge in [0.15, 0.2) is 0 Å². The van der Waals surface area contributed by atoms with Crippen LogP contribution in [0.3, 0.4) is 0 Å². The van der Waals surface area contributed by atoms with Crippen molar-refractivity contribution in [3.05, 3.63) is 54.9 Å². The topological polar surface area (TPSA) is 120 Å². The minimum atomic E-state index is -1.24. The molecule has 2 aliphatic rings. The van der Waals surface area contributed by atoms with Gasteiger partial charge in [0, 0.05) is 11.4 Å². The van der Waals surface area contributed by atoms with E-state index in [1.54, 1.807) is 18.7 Å². The number of rotatable bonds is 6. The molecule has 35 heavy (non-hydrogen) atoms. The molecule has 0 spiro atoms. The Hall–Kier alpha value is -2.87. The number of fused-ring (bicyclic) bond motifs is 1. The third kappa shape index (κ3) is 4.81. The van der Waals surface area contributed by atoms with Crippen molar-refractivity contribution in [2.75, 3.05) is 18.0 Å². The number of hydrogen-bond donors (Lipinski definition) is 2. The number of carbonyl (C=O) groups excluding carboxylic acids is 1. The number of aliphatic carboxylic acids is 2. The van der Waals surface area contributed by atoms with E-state index in [2.05, 4.69) is 4.90 Å². The number of nitrogens with zero attached hydrogens (tertiary/aromatic N) is 3. The molecular formula is C22H19N3O6S4. The van der Waals surface area contributed by atoms with Gasteiger partial charge in [0.25, 0.3) is 11.5 Å². The summed E-state index contributed by atoms with van der Waals surface area (Å²) in [5.41, 5.74) is 1.17. The summed E-state index contributed by atoms with van der Waals surface area (Å²) in [5, 5.41) is 19.4. The minimum absolute atomic E-state index is 0.0400. The standard InChI is InChI=1S/C22H19N3O6S4/c1-3-23-12-6-4-5-7-13(12)33-14(23)8-11(2)17-19(30)24(9-15(26)27)21(34-17)18-20(31)25(10-16(28)29)22(32)35-18/h4-8H,3,9-10H2,1-2H3,(H,26,27)(H,28,29). The maximum absolute atomic E-state index is 13.3. The van der Waals surface area contributed by atoms with Gasteiger partial charge in [-0.25, -0.2) is 0 Å². The molecule has 2 N–H and O–H groups in total. The third-order valence-corrected chi connectivity index (χ3v) is 9.16. The number of para-hydroxylation sites is 1. The number of thiocarbonyl (C=S) groups is 1. The first kappa shape index (κ1) is 25.2. The molecule has 13 heteroatoms. The lowest BCUT2D eigenvalue weighted by Crippen LogP contribution is -2.37. The highest BCUT2D eigenvalue weighted by atomic mass is 32.2. The molecule has 0 radical (unpaired) electrons. The summed E-state index contributed by atoms with van der Waals surface area (Å²) in [6, 6.07) is 7.97. The fourth-order valence-electron chi connectivity index (χ4n) is 3.64. The average Bonchev–Trinajstić information content (AvgIpc) is 3.40. The molecule has 9 nitrogen and oxygen atoms in total. The Bertz CT molecular complexity index is 1490. The third-order valence-electron chi connectivity index (χ3n) is 5.16. The first-order valence-corrected chi connectivity index (χ1v) is 13.2. The van der Waals surface area contributed by atoms with Gasteiger partial charge < -0.3 is 15.1 Å². The van der Waals surface area contributed by atoms with E-state index in [1.807, 2.05) is 37.3 Å². The average molecular weight is 550 g/mol. The van der Waals surface area contributed by atoms with Crippen LogP contribution in [-0.2, 0) is 20.9 Å². The van der Waals surface area contributed by atoms with Gasteiger partial charge in [-0.15, -0.1) is 11.3 Å². The number of hydrogen-bond acceptors (Lipinski definition) is 9. The zero-order valence-electron chi connectivity index (χ0n) is 18.5. The van der Waals surface area contributed by atoms with Gasteiger partial charge in [-0.2, -0.15) is 0 Å². The van der Waals surface area contributed by atoms with E-state index in [4.69, 9.17) is 17.3 Å². The molecule has 0 aliphatic carbocycles. The molecule has 182 valence electrons. The van der Waals surface area contributed by atoms with Crippen molar-refractivity contribution in [3.63, 3.8) is 0 Å². The number of anilines is 1. The molecule has 4 rings (SSSR count). The molecule has 2 aliphatic heterocycles. The molecule has 1 aromatic carbocycles. The minimum Gasteiger partial charge on any atom is -0.480 e. The number of thioether (sulfide) groups is 2. The molecule has 2 aromatic rings. The van der Waals surface area contributed by atoms with E-state index in [-0.39, 0.29) is 13.9 Å². The lowest BCUT2D eigenvalue weighted by atomic mass is 10.2. The first-order chi connectivity index (χ1) is 16.6. The number of amides is 1. The van der Waals surface area contributed by atoms with E-state index in [0.29, 0.717) is 10.1 Å². The number of aromatic nitrogens is 1. The highest BCUT2D eigenvalue weighted by Gasteiger charge is 2.35. The zero-order chi connectivity index (χ0) is 25.4. The molecule has 3 heterocycles. The van der Waals surface area contributed by atoms with Crippen LogP contribution in [0.5, 0.6) is 0 Å². The normalized spacial score (nSPS) is 19.0. The summed E-state index contributed by atoms with van der Waals surface area (Å²) in [7, 11) is 0. The second-order valence-corrected chi connectivity index (χ2v) is 11.2. The summed E-state index contributed by atoms with van der Waals surface area (Å²) in [6.07, 6.45) is 1.88. The van der Waals surface area contributed by atoms with E-state index >= 15 is 0 Å². The van der Waals surface area contributed by atoms with Crippen LogP contribution in [0.1, 0.15) is 13.8 Å². The number of thiazole rings is 1. The maximum atomic E-state index is 13.3.